The predicted octanol–water partition coefficient (Wildman–Crippen LogP) is 2.65. The molecule has 1 aromatic rings. The van der Waals surface area contributed by atoms with E-state index in [4.69, 9.17) is 19.0 Å². The Morgan fingerprint density at radius 3 is 2.32 bits per heavy atom. The molecule has 2 rings (SSSR count). The van der Waals surface area contributed by atoms with Crippen LogP contribution in [0.2, 0.25) is 0 Å². The molecule has 212 valence electrons. The second kappa shape index (κ2) is 13.2. The summed E-state index contributed by atoms with van der Waals surface area (Å²) in [5.74, 6) is -1.57. The highest BCUT2D eigenvalue weighted by Gasteiger charge is 2.22. The zero-order chi connectivity index (χ0) is 28.5. The summed E-state index contributed by atoms with van der Waals surface area (Å²) in [7, 11) is 0. The lowest BCUT2D eigenvalue weighted by molar-refractivity contribution is 0.0525. The minimum atomic E-state index is -1.19. The average molecular weight is 540 g/mol. The average Bonchev–Trinajstić information content (AvgIpc) is 2.76. The van der Waals surface area contributed by atoms with Crippen LogP contribution in [-0.4, -0.2) is 71.4 Å². The number of nitrogens with zero attached hydrogens (tertiary/aromatic N) is 2. The number of carboxylic acid groups (broad SMARTS) is 1. The molecule has 14 heteroatoms. The van der Waals surface area contributed by atoms with Gasteiger partial charge < -0.3 is 29.2 Å². The molecule has 0 aliphatic carbocycles. The van der Waals surface area contributed by atoms with Crippen molar-refractivity contribution >= 4 is 29.8 Å². The largest absolute Gasteiger partial charge is 0.478 e. The first-order valence-electron chi connectivity index (χ1n) is 12.2. The van der Waals surface area contributed by atoms with Crippen molar-refractivity contribution in [2.24, 2.45) is 4.99 Å². The van der Waals surface area contributed by atoms with Gasteiger partial charge >= 0.3 is 18.2 Å². The van der Waals surface area contributed by atoms with E-state index < -0.39 is 29.4 Å². The Hall–Kier alpha value is -3.65. The lowest BCUT2D eigenvalue weighted by atomic mass is 10.1. The predicted molar refractivity (Wildman–Crippen MR) is 137 cm³/mol. The second-order valence-corrected chi connectivity index (χ2v) is 10.4. The number of pyridine rings is 1. The zero-order valence-corrected chi connectivity index (χ0v) is 22.6. The molecule has 1 aliphatic rings. The molecular formula is C24H37N5O9. The lowest BCUT2D eigenvalue weighted by Gasteiger charge is -2.25. The van der Waals surface area contributed by atoms with Gasteiger partial charge in [0.25, 0.3) is 5.56 Å². The SMILES string of the molecule is CC(C)(C)OC(=O)/N=C(/NOCCNc1cc(=O)n(C2CCOCC2)cc1C(=O)O)NC(=O)OC(C)(C)C. The molecule has 0 atom stereocenters. The van der Waals surface area contributed by atoms with E-state index in [9.17, 15) is 24.3 Å². The number of aromatic carboxylic acids is 1. The highest BCUT2D eigenvalue weighted by molar-refractivity contribution is 5.98. The van der Waals surface area contributed by atoms with Crippen LogP contribution < -0.4 is 21.7 Å². The van der Waals surface area contributed by atoms with Crippen molar-refractivity contribution in [1.29, 1.82) is 0 Å². The highest BCUT2D eigenvalue weighted by atomic mass is 16.6. The van der Waals surface area contributed by atoms with Gasteiger partial charge in [0.2, 0.25) is 5.96 Å². The molecule has 38 heavy (non-hydrogen) atoms. The van der Waals surface area contributed by atoms with Crippen LogP contribution in [0.4, 0.5) is 15.3 Å². The number of nitrogens with one attached hydrogen (secondary N) is 3. The second-order valence-electron chi connectivity index (χ2n) is 10.4. The van der Waals surface area contributed by atoms with Crippen molar-refractivity contribution in [3.05, 3.63) is 28.2 Å². The first kappa shape index (κ1) is 30.6. The van der Waals surface area contributed by atoms with Gasteiger partial charge in [0.15, 0.2) is 0 Å². The number of alkyl carbamates (subject to hydrolysis) is 1. The number of ether oxygens (including phenoxy) is 3. The van der Waals surface area contributed by atoms with E-state index in [1.54, 1.807) is 41.5 Å². The van der Waals surface area contributed by atoms with E-state index in [-0.39, 0.29) is 42.0 Å². The fraction of sp³-hybridized carbons (Fsp3) is 0.625. The number of carboxylic acids is 1. The van der Waals surface area contributed by atoms with Crippen LogP contribution in [-0.2, 0) is 19.0 Å². The van der Waals surface area contributed by atoms with Crippen LogP contribution in [0.15, 0.2) is 22.1 Å². The molecular weight excluding hydrogens is 502 g/mol. The number of hydroxylamine groups is 1. The summed E-state index contributed by atoms with van der Waals surface area (Å²) in [5.41, 5.74) is 0.454. The molecule has 0 spiro atoms. The number of carbonyl (C=O) groups is 3. The summed E-state index contributed by atoms with van der Waals surface area (Å²) in [6.45, 7) is 11.0. The van der Waals surface area contributed by atoms with Gasteiger partial charge in [-0.2, -0.15) is 0 Å². The van der Waals surface area contributed by atoms with Gasteiger partial charge in [0, 0.05) is 38.1 Å². The number of anilines is 1. The van der Waals surface area contributed by atoms with E-state index in [1.165, 1.54) is 16.8 Å². The minimum absolute atomic E-state index is 0.0668. The van der Waals surface area contributed by atoms with Gasteiger partial charge in [-0.3, -0.25) is 14.9 Å². The van der Waals surface area contributed by atoms with Crippen molar-refractivity contribution in [2.75, 3.05) is 31.7 Å². The van der Waals surface area contributed by atoms with Crippen molar-refractivity contribution in [2.45, 2.75) is 71.6 Å². The molecule has 1 aliphatic heterocycles. The number of amides is 2. The number of aromatic nitrogens is 1. The van der Waals surface area contributed by atoms with E-state index in [2.05, 4.69) is 21.1 Å². The van der Waals surface area contributed by atoms with Crippen LogP contribution in [0, 0.1) is 0 Å². The Morgan fingerprint density at radius 2 is 1.74 bits per heavy atom. The number of hydrogen-bond acceptors (Lipinski definition) is 9. The molecule has 0 radical (unpaired) electrons. The van der Waals surface area contributed by atoms with E-state index in [0.717, 1.165) is 0 Å². The van der Waals surface area contributed by atoms with Crippen LogP contribution >= 0.6 is 0 Å². The fourth-order valence-electron chi connectivity index (χ4n) is 3.32. The first-order valence-corrected chi connectivity index (χ1v) is 12.2. The summed E-state index contributed by atoms with van der Waals surface area (Å²) >= 11 is 0. The Kier molecular flexibility index (Phi) is 10.6. The van der Waals surface area contributed by atoms with E-state index >= 15 is 0 Å². The quantitative estimate of drug-likeness (QED) is 0.173. The molecule has 0 aromatic carbocycles. The van der Waals surface area contributed by atoms with Crippen LogP contribution in [0.3, 0.4) is 0 Å². The van der Waals surface area contributed by atoms with Gasteiger partial charge in [-0.15, -0.1) is 4.99 Å². The minimum Gasteiger partial charge on any atom is -0.478 e. The number of carbonyl (C=O) groups excluding carboxylic acids is 2. The molecule has 2 heterocycles. The lowest BCUT2D eigenvalue weighted by Crippen LogP contribution is -2.44. The summed E-state index contributed by atoms with van der Waals surface area (Å²) < 4.78 is 17.0. The smallest absolute Gasteiger partial charge is 0.437 e. The van der Waals surface area contributed by atoms with Crippen LogP contribution in [0.1, 0.15) is 70.8 Å². The van der Waals surface area contributed by atoms with E-state index in [1.807, 2.05) is 0 Å². The zero-order valence-electron chi connectivity index (χ0n) is 22.6. The summed E-state index contributed by atoms with van der Waals surface area (Å²) in [5, 5.41) is 14.8. The highest BCUT2D eigenvalue weighted by Crippen LogP contribution is 2.21. The van der Waals surface area contributed by atoms with Crippen LogP contribution in [0.5, 0.6) is 0 Å². The normalized spacial score (nSPS) is 14.9. The van der Waals surface area contributed by atoms with Gasteiger partial charge in [-0.1, -0.05) is 0 Å². The number of aliphatic imine (C=N–C) groups is 1. The fourth-order valence-corrected chi connectivity index (χ4v) is 3.32. The monoisotopic (exact) mass is 539 g/mol. The number of rotatable bonds is 7. The molecule has 1 fully saturated rings. The Bertz CT molecular complexity index is 1080. The molecule has 0 bridgehead atoms. The van der Waals surface area contributed by atoms with Gasteiger partial charge in [0.1, 0.15) is 11.2 Å². The molecule has 14 nitrogen and oxygen atoms in total. The Balaban J connectivity index is 2.02. The standard InChI is InChI=1S/C24H37N5O9/c1-23(2,3)37-21(33)26-20(27-22(34)38-24(4,5)6)28-36-12-9-25-17-13-18(30)29(14-16(17)19(31)32)15-7-10-35-11-8-15/h13-15,25H,7-12H2,1-6H3,(H,31,32)(H2,26,27,28,33,34). The third kappa shape index (κ3) is 10.8. The number of guanidine groups is 1. The van der Waals surface area contributed by atoms with Crippen molar-refractivity contribution in [1.82, 2.24) is 15.4 Å². The maximum atomic E-state index is 12.6. The molecule has 1 aromatic heterocycles. The summed E-state index contributed by atoms with van der Waals surface area (Å²) in [6, 6.07) is 1.10. The van der Waals surface area contributed by atoms with Crippen molar-refractivity contribution in [3.8, 4) is 0 Å². The number of hydrogen-bond donors (Lipinski definition) is 4. The third-order valence-electron chi connectivity index (χ3n) is 4.80. The first-order chi connectivity index (χ1) is 17.6. The van der Waals surface area contributed by atoms with Crippen molar-refractivity contribution in [3.63, 3.8) is 0 Å². The molecule has 1 saturated heterocycles. The van der Waals surface area contributed by atoms with E-state index in [0.29, 0.717) is 26.1 Å². The van der Waals surface area contributed by atoms with Crippen molar-refractivity contribution < 1.29 is 38.5 Å². The molecule has 0 saturated carbocycles. The topological polar surface area (TPSA) is 179 Å². The van der Waals surface area contributed by atoms with Gasteiger partial charge in [-0.25, -0.2) is 19.9 Å². The maximum Gasteiger partial charge on any atom is 0.437 e. The molecule has 4 N–H and O–H groups in total. The maximum absolute atomic E-state index is 12.6. The molecule has 0 unspecified atom stereocenters. The Morgan fingerprint density at radius 1 is 1.11 bits per heavy atom. The summed E-state index contributed by atoms with van der Waals surface area (Å²) in [4.78, 5) is 57.6. The van der Waals surface area contributed by atoms with Crippen LogP contribution in [0.25, 0.3) is 0 Å². The third-order valence-corrected chi connectivity index (χ3v) is 4.80. The Labute approximate surface area is 220 Å². The summed E-state index contributed by atoms with van der Waals surface area (Å²) in [6.07, 6.45) is 0.712. The van der Waals surface area contributed by atoms with Gasteiger partial charge in [-0.05, 0) is 54.4 Å². The molecule has 2 amide bonds. The van der Waals surface area contributed by atoms with Gasteiger partial charge in [0.05, 0.1) is 17.9 Å².